The Hall–Kier alpha value is -1.56. The second kappa shape index (κ2) is 3.48. The van der Waals surface area contributed by atoms with Crippen LogP contribution in [0.25, 0.3) is 11.1 Å². The number of fused-ring (bicyclic) bond motifs is 3. The average molecular weight is 208 g/mol. The molecule has 0 saturated heterocycles. The Morgan fingerprint density at radius 3 is 2.44 bits per heavy atom. The molecule has 0 radical (unpaired) electrons. The Labute approximate surface area is 96.9 Å². The topological polar surface area (TPSA) is 0 Å². The first kappa shape index (κ1) is 9.65. The molecule has 0 nitrogen and oxygen atoms in total. The molecule has 1 aliphatic rings. The molecule has 16 heavy (non-hydrogen) atoms. The summed E-state index contributed by atoms with van der Waals surface area (Å²) in [5.41, 5.74) is 7.27. The molecule has 2 aromatic carbocycles. The van der Waals surface area contributed by atoms with Gasteiger partial charge in [0.05, 0.1) is 0 Å². The molecule has 0 unspecified atom stereocenters. The van der Waals surface area contributed by atoms with Gasteiger partial charge in [-0.3, -0.25) is 0 Å². The summed E-state index contributed by atoms with van der Waals surface area (Å²) in [5, 5.41) is 0. The number of hydrogen-bond acceptors (Lipinski definition) is 0. The van der Waals surface area contributed by atoms with Crippen molar-refractivity contribution >= 4 is 0 Å². The van der Waals surface area contributed by atoms with E-state index in [4.69, 9.17) is 0 Å². The lowest BCUT2D eigenvalue weighted by Gasteiger charge is -2.08. The molecule has 0 aromatic heterocycles. The highest BCUT2D eigenvalue weighted by Gasteiger charge is 2.18. The molecular weight excluding hydrogens is 192 g/mol. The molecule has 0 bridgehead atoms. The lowest BCUT2D eigenvalue weighted by molar-refractivity contribution is 0.866. The molecule has 80 valence electrons. The monoisotopic (exact) mass is 208 g/mol. The van der Waals surface area contributed by atoms with Gasteiger partial charge in [0.25, 0.3) is 0 Å². The maximum Gasteiger partial charge on any atom is -0.00135 e. The zero-order chi connectivity index (χ0) is 11.1. The van der Waals surface area contributed by atoms with Crippen molar-refractivity contribution in [3.8, 4) is 11.1 Å². The normalized spacial score (nSPS) is 12.7. The van der Waals surface area contributed by atoms with E-state index in [1.54, 1.807) is 0 Å². The van der Waals surface area contributed by atoms with E-state index in [2.05, 4.69) is 56.3 Å². The van der Waals surface area contributed by atoms with Crippen molar-refractivity contribution in [1.82, 2.24) is 0 Å². The second-order valence-corrected chi connectivity index (χ2v) is 4.91. The Morgan fingerprint density at radius 2 is 1.62 bits per heavy atom. The standard InChI is InChI=1S/C16H16/c1-11(2)12-7-8-14-9-13-5-3-4-6-15(13)16(14)10-12/h3-8,10-11H,9H2,1-2H3. The fraction of sp³-hybridized carbons (Fsp3) is 0.250. The molecule has 0 heteroatoms. The lowest BCUT2D eigenvalue weighted by Crippen LogP contribution is -1.88. The lowest BCUT2D eigenvalue weighted by atomic mass is 9.97. The minimum Gasteiger partial charge on any atom is -0.0619 e. The predicted octanol–water partition coefficient (Wildman–Crippen LogP) is 4.38. The van der Waals surface area contributed by atoms with Crippen LogP contribution in [0.15, 0.2) is 42.5 Å². The molecular formula is C16H16. The molecule has 0 atom stereocenters. The smallest absolute Gasteiger partial charge is 0.00135 e. The van der Waals surface area contributed by atoms with Crippen molar-refractivity contribution in [2.24, 2.45) is 0 Å². The molecule has 3 rings (SSSR count). The first-order chi connectivity index (χ1) is 7.75. The van der Waals surface area contributed by atoms with Gasteiger partial charge in [-0.15, -0.1) is 0 Å². The van der Waals surface area contributed by atoms with E-state index >= 15 is 0 Å². The van der Waals surface area contributed by atoms with Crippen LogP contribution >= 0.6 is 0 Å². The molecule has 0 fully saturated rings. The van der Waals surface area contributed by atoms with Crippen LogP contribution in [0.2, 0.25) is 0 Å². The van der Waals surface area contributed by atoms with Crippen LogP contribution in [0.1, 0.15) is 36.5 Å². The highest BCUT2D eigenvalue weighted by molar-refractivity contribution is 5.77. The zero-order valence-corrected chi connectivity index (χ0v) is 9.83. The SMILES string of the molecule is CC(C)c1ccc2c(c1)-c1ccccc1C2. The Balaban J connectivity index is 2.18. The third-order valence-corrected chi connectivity index (χ3v) is 3.49. The summed E-state index contributed by atoms with van der Waals surface area (Å²) < 4.78 is 0. The minimum atomic E-state index is 0.609. The van der Waals surface area contributed by atoms with Crippen LogP contribution in [0.4, 0.5) is 0 Å². The number of benzene rings is 2. The van der Waals surface area contributed by atoms with Gasteiger partial charge in [-0.2, -0.15) is 0 Å². The van der Waals surface area contributed by atoms with Crippen LogP contribution in [0.3, 0.4) is 0 Å². The Morgan fingerprint density at radius 1 is 0.875 bits per heavy atom. The summed E-state index contributed by atoms with van der Waals surface area (Å²) in [6.45, 7) is 4.51. The third kappa shape index (κ3) is 1.37. The van der Waals surface area contributed by atoms with Crippen molar-refractivity contribution in [1.29, 1.82) is 0 Å². The molecule has 0 aliphatic heterocycles. The van der Waals surface area contributed by atoms with E-state index in [-0.39, 0.29) is 0 Å². The van der Waals surface area contributed by atoms with Crippen LogP contribution in [0.5, 0.6) is 0 Å². The summed E-state index contributed by atoms with van der Waals surface area (Å²) >= 11 is 0. The molecule has 1 aliphatic carbocycles. The summed E-state index contributed by atoms with van der Waals surface area (Å²) in [5.74, 6) is 0.609. The molecule has 2 aromatic rings. The fourth-order valence-electron chi connectivity index (χ4n) is 2.50. The van der Waals surface area contributed by atoms with Gasteiger partial charge < -0.3 is 0 Å². The van der Waals surface area contributed by atoms with Gasteiger partial charge in [0.1, 0.15) is 0 Å². The van der Waals surface area contributed by atoms with Crippen LogP contribution in [0, 0.1) is 0 Å². The molecule has 0 heterocycles. The maximum atomic E-state index is 2.37. The van der Waals surface area contributed by atoms with Gasteiger partial charge in [-0.05, 0) is 40.2 Å². The van der Waals surface area contributed by atoms with Gasteiger partial charge in [0.15, 0.2) is 0 Å². The quantitative estimate of drug-likeness (QED) is 0.556. The van der Waals surface area contributed by atoms with Crippen LogP contribution in [-0.4, -0.2) is 0 Å². The van der Waals surface area contributed by atoms with E-state index < -0.39 is 0 Å². The van der Waals surface area contributed by atoms with E-state index in [9.17, 15) is 0 Å². The summed E-state index contributed by atoms with van der Waals surface area (Å²) in [4.78, 5) is 0. The average Bonchev–Trinajstić information content (AvgIpc) is 2.66. The molecule has 0 amide bonds. The number of hydrogen-bond donors (Lipinski definition) is 0. The van der Waals surface area contributed by atoms with Crippen molar-refractivity contribution in [2.45, 2.75) is 26.2 Å². The Bertz CT molecular complexity index is 535. The van der Waals surface area contributed by atoms with E-state index in [0.29, 0.717) is 5.92 Å². The highest BCUT2D eigenvalue weighted by Crippen LogP contribution is 2.37. The first-order valence-corrected chi connectivity index (χ1v) is 5.97. The van der Waals surface area contributed by atoms with E-state index in [1.165, 1.54) is 27.8 Å². The predicted molar refractivity (Wildman–Crippen MR) is 68.8 cm³/mol. The zero-order valence-electron chi connectivity index (χ0n) is 9.83. The largest absolute Gasteiger partial charge is 0.0619 e. The van der Waals surface area contributed by atoms with Gasteiger partial charge >= 0.3 is 0 Å². The van der Waals surface area contributed by atoms with Gasteiger partial charge in [0, 0.05) is 0 Å². The van der Waals surface area contributed by atoms with Crippen LogP contribution < -0.4 is 0 Å². The van der Waals surface area contributed by atoms with Crippen molar-refractivity contribution in [3.05, 3.63) is 59.2 Å². The van der Waals surface area contributed by atoms with E-state index in [0.717, 1.165) is 6.42 Å². The van der Waals surface area contributed by atoms with Gasteiger partial charge in [-0.1, -0.05) is 56.3 Å². The highest BCUT2D eigenvalue weighted by atomic mass is 14.2. The first-order valence-electron chi connectivity index (χ1n) is 5.97. The molecule has 0 N–H and O–H groups in total. The van der Waals surface area contributed by atoms with Crippen molar-refractivity contribution in [3.63, 3.8) is 0 Å². The third-order valence-electron chi connectivity index (χ3n) is 3.49. The van der Waals surface area contributed by atoms with Gasteiger partial charge in [0.2, 0.25) is 0 Å². The van der Waals surface area contributed by atoms with Crippen LogP contribution in [-0.2, 0) is 6.42 Å². The summed E-state index contributed by atoms with van der Waals surface area (Å²) in [6.07, 6.45) is 1.10. The molecule has 0 saturated carbocycles. The Kier molecular flexibility index (Phi) is 2.10. The summed E-state index contributed by atoms with van der Waals surface area (Å²) in [7, 11) is 0. The van der Waals surface area contributed by atoms with Crippen molar-refractivity contribution < 1.29 is 0 Å². The van der Waals surface area contributed by atoms with Gasteiger partial charge in [-0.25, -0.2) is 0 Å². The van der Waals surface area contributed by atoms with Crippen molar-refractivity contribution in [2.75, 3.05) is 0 Å². The second-order valence-electron chi connectivity index (χ2n) is 4.91. The molecule has 0 spiro atoms. The summed E-state index contributed by atoms with van der Waals surface area (Å²) in [6, 6.07) is 15.7. The fourth-order valence-corrected chi connectivity index (χ4v) is 2.50. The number of rotatable bonds is 1. The van der Waals surface area contributed by atoms with E-state index in [1.807, 2.05) is 0 Å². The minimum absolute atomic E-state index is 0.609. The maximum absolute atomic E-state index is 2.37.